The van der Waals surface area contributed by atoms with E-state index >= 15 is 0 Å². The lowest BCUT2D eigenvalue weighted by molar-refractivity contribution is -0.692. The largest absolute Gasteiger partial charge is 0.353 e. The number of nitrogens with one attached hydrogen (secondary N) is 1. The van der Waals surface area contributed by atoms with Crippen molar-refractivity contribution in [3.63, 3.8) is 0 Å². The number of H-pyrrole nitrogens is 1. The van der Waals surface area contributed by atoms with E-state index in [0.717, 1.165) is 11.6 Å². The molecule has 0 radical (unpaired) electrons. The van der Waals surface area contributed by atoms with Crippen LogP contribution in [0.25, 0.3) is 10.9 Å². The van der Waals surface area contributed by atoms with Crippen molar-refractivity contribution in [1.29, 1.82) is 0 Å². The Labute approximate surface area is 183 Å². The highest BCUT2D eigenvalue weighted by molar-refractivity contribution is 6.31. The molecule has 2 nitrogen and oxygen atoms in total. The Balaban J connectivity index is 1.65. The summed E-state index contributed by atoms with van der Waals surface area (Å²) in [5, 5.41) is 4.61. The molecule has 152 valence electrons. The lowest BCUT2D eigenvalue weighted by Crippen LogP contribution is -2.88. The number of halogens is 1. The second-order valence-electron chi connectivity index (χ2n) is 9.39. The lowest BCUT2D eigenvalue weighted by Gasteiger charge is -2.29. The van der Waals surface area contributed by atoms with Crippen molar-refractivity contribution in [1.82, 2.24) is 4.98 Å². The van der Waals surface area contributed by atoms with Gasteiger partial charge >= 0.3 is 0 Å². The van der Waals surface area contributed by atoms with Gasteiger partial charge in [0, 0.05) is 27.1 Å². The van der Waals surface area contributed by atoms with Gasteiger partial charge < -0.3 is 10.3 Å². The average molecular weight is 416 g/mol. The summed E-state index contributed by atoms with van der Waals surface area (Å²) in [5.74, 6) is 0.273. The number of quaternary nitrogens is 1. The molecular formula is C27H28ClN2+. The van der Waals surface area contributed by atoms with Crippen LogP contribution < -0.4 is 5.32 Å². The predicted molar refractivity (Wildman–Crippen MR) is 125 cm³/mol. The molecule has 2 atom stereocenters. The Morgan fingerprint density at radius 1 is 0.900 bits per heavy atom. The zero-order valence-corrected chi connectivity index (χ0v) is 18.5. The molecule has 0 aliphatic carbocycles. The number of fused-ring (bicyclic) bond motifs is 3. The van der Waals surface area contributed by atoms with Gasteiger partial charge in [0.25, 0.3) is 0 Å². The van der Waals surface area contributed by atoms with Crippen LogP contribution in [0.2, 0.25) is 5.02 Å². The number of nitrogens with two attached hydrogens (primary N) is 1. The Morgan fingerprint density at radius 3 is 2.33 bits per heavy atom. The third-order valence-electron chi connectivity index (χ3n) is 6.46. The van der Waals surface area contributed by atoms with Gasteiger partial charge in [-0.05, 0) is 28.7 Å². The number of rotatable bonds is 2. The Kier molecular flexibility index (Phi) is 4.72. The molecule has 0 amide bonds. The van der Waals surface area contributed by atoms with Crippen molar-refractivity contribution in [3.05, 3.63) is 106 Å². The second kappa shape index (κ2) is 7.30. The summed E-state index contributed by atoms with van der Waals surface area (Å²) >= 11 is 6.63. The van der Waals surface area contributed by atoms with Crippen molar-refractivity contribution in [2.24, 2.45) is 0 Å². The van der Waals surface area contributed by atoms with Crippen LogP contribution in [-0.2, 0) is 5.41 Å². The Hall–Kier alpha value is -2.55. The summed E-state index contributed by atoms with van der Waals surface area (Å²) in [6.07, 6.45) is 0. The zero-order chi connectivity index (χ0) is 20.9. The first kappa shape index (κ1) is 19.4. The minimum Gasteiger partial charge on any atom is -0.353 e. The van der Waals surface area contributed by atoms with Gasteiger partial charge in [-0.15, -0.1) is 0 Å². The summed E-state index contributed by atoms with van der Waals surface area (Å²) in [5.41, 5.74) is 7.98. The maximum absolute atomic E-state index is 6.63. The van der Waals surface area contributed by atoms with Gasteiger partial charge in [0.2, 0.25) is 0 Å². The van der Waals surface area contributed by atoms with Crippen LogP contribution >= 0.6 is 11.6 Å². The molecule has 1 aliphatic heterocycles. The lowest BCUT2D eigenvalue weighted by atomic mass is 9.82. The summed E-state index contributed by atoms with van der Waals surface area (Å²) in [6.45, 7) is 7.76. The molecular weight excluding hydrogens is 388 g/mol. The molecule has 0 bridgehead atoms. The topological polar surface area (TPSA) is 32.4 Å². The fraction of sp³-hybridized carbons (Fsp3) is 0.259. The molecule has 30 heavy (non-hydrogen) atoms. The van der Waals surface area contributed by atoms with Gasteiger partial charge in [0.15, 0.2) is 6.04 Å². The minimum absolute atomic E-state index is 0.163. The Bertz CT molecular complexity index is 1200. The minimum atomic E-state index is 0.163. The zero-order valence-electron chi connectivity index (χ0n) is 17.7. The molecule has 0 fully saturated rings. The van der Waals surface area contributed by atoms with Crippen molar-refractivity contribution in [3.8, 4) is 0 Å². The van der Waals surface area contributed by atoms with E-state index < -0.39 is 0 Å². The molecule has 0 unspecified atom stereocenters. The average Bonchev–Trinajstić information content (AvgIpc) is 3.13. The van der Waals surface area contributed by atoms with E-state index in [9.17, 15) is 0 Å². The molecule has 0 saturated heterocycles. The molecule has 2 heterocycles. The summed E-state index contributed by atoms with van der Waals surface area (Å²) < 4.78 is 0. The van der Waals surface area contributed by atoms with Crippen LogP contribution in [0.1, 0.15) is 60.7 Å². The van der Waals surface area contributed by atoms with Crippen LogP contribution in [0.4, 0.5) is 0 Å². The maximum atomic E-state index is 6.63. The monoisotopic (exact) mass is 415 g/mol. The normalized spacial score (nSPS) is 19.1. The first-order chi connectivity index (χ1) is 14.4. The van der Waals surface area contributed by atoms with Gasteiger partial charge in [-0.25, -0.2) is 0 Å². The van der Waals surface area contributed by atoms with Crippen LogP contribution in [-0.4, -0.2) is 11.5 Å². The summed E-state index contributed by atoms with van der Waals surface area (Å²) in [4.78, 5) is 3.75. The Morgan fingerprint density at radius 2 is 1.60 bits per heavy atom. The van der Waals surface area contributed by atoms with Crippen molar-refractivity contribution < 1.29 is 5.32 Å². The fourth-order valence-corrected chi connectivity index (χ4v) is 5.11. The van der Waals surface area contributed by atoms with E-state index in [1.54, 1.807) is 0 Å². The van der Waals surface area contributed by atoms with E-state index in [2.05, 4.69) is 91.7 Å². The number of aromatic nitrogens is 1. The first-order valence-corrected chi connectivity index (χ1v) is 11.1. The highest BCUT2D eigenvalue weighted by Crippen LogP contribution is 2.40. The molecule has 3 N–H and O–H groups in total. The third-order valence-corrected chi connectivity index (χ3v) is 6.80. The van der Waals surface area contributed by atoms with Gasteiger partial charge in [0.1, 0.15) is 0 Å². The molecule has 3 heteroatoms. The quantitative estimate of drug-likeness (QED) is 0.407. The van der Waals surface area contributed by atoms with Crippen molar-refractivity contribution in [2.75, 3.05) is 6.54 Å². The summed E-state index contributed by atoms with van der Waals surface area (Å²) in [7, 11) is 0. The molecule has 1 aliphatic rings. The molecule has 4 aromatic rings. The van der Waals surface area contributed by atoms with Crippen LogP contribution in [0, 0.1) is 0 Å². The third kappa shape index (κ3) is 3.25. The van der Waals surface area contributed by atoms with Gasteiger partial charge in [-0.3, -0.25) is 0 Å². The number of hydrogen-bond acceptors (Lipinski definition) is 0. The molecule has 0 saturated carbocycles. The van der Waals surface area contributed by atoms with Crippen LogP contribution in [0.3, 0.4) is 0 Å². The van der Waals surface area contributed by atoms with Crippen molar-refractivity contribution in [2.45, 2.75) is 38.1 Å². The van der Waals surface area contributed by atoms with E-state index in [1.165, 1.54) is 38.9 Å². The van der Waals surface area contributed by atoms with Gasteiger partial charge in [-0.2, -0.15) is 0 Å². The fourth-order valence-electron chi connectivity index (χ4n) is 4.85. The van der Waals surface area contributed by atoms with E-state index in [0.29, 0.717) is 0 Å². The second-order valence-corrected chi connectivity index (χ2v) is 9.80. The maximum Gasteiger partial charge on any atom is 0.153 e. The van der Waals surface area contributed by atoms with Crippen LogP contribution in [0.15, 0.2) is 72.8 Å². The van der Waals surface area contributed by atoms with Crippen molar-refractivity contribution >= 4 is 22.5 Å². The van der Waals surface area contributed by atoms with Crippen LogP contribution in [0.5, 0.6) is 0 Å². The summed E-state index contributed by atoms with van der Waals surface area (Å²) in [6, 6.07) is 26.3. The predicted octanol–water partition coefficient (Wildman–Crippen LogP) is 5.92. The smallest absolute Gasteiger partial charge is 0.153 e. The molecule has 1 aromatic heterocycles. The van der Waals surface area contributed by atoms with Gasteiger partial charge in [0.05, 0.1) is 18.2 Å². The molecule has 3 aromatic carbocycles. The van der Waals surface area contributed by atoms with E-state index in [-0.39, 0.29) is 17.4 Å². The number of aromatic amines is 1. The highest BCUT2D eigenvalue weighted by Gasteiger charge is 2.36. The standard InChI is InChI=1S/C27H27ClN2/c1-27(2,3)18-14-12-17(13-15-18)25-26-24(20-9-5-7-11-23(20)30-26)21(16-29-25)19-8-4-6-10-22(19)28/h4-15,21,25,29-30H,16H2,1-3H3/p+1/t21-,25-/m0/s1. The SMILES string of the molecule is CC(C)(C)c1ccc([C@@H]2[NH2+]C[C@@H](c3ccccc3Cl)c3c2[nH]c2ccccc32)cc1. The van der Waals surface area contributed by atoms with E-state index in [1.807, 2.05) is 12.1 Å². The number of hydrogen-bond donors (Lipinski definition) is 2. The number of benzene rings is 3. The molecule has 0 spiro atoms. The van der Waals surface area contributed by atoms with E-state index in [4.69, 9.17) is 11.6 Å². The highest BCUT2D eigenvalue weighted by atomic mass is 35.5. The molecule has 5 rings (SSSR count). The first-order valence-electron chi connectivity index (χ1n) is 10.7. The van der Waals surface area contributed by atoms with Gasteiger partial charge in [-0.1, -0.05) is 93.0 Å². The number of para-hydroxylation sites is 1.